The van der Waals surface area contributed by atoms with Crippen molar-refractivity contribution in [2.45, 2.75) is 0 Å². The molecule has 0 radical (unpaired) electrons. The Balaban J connectivity index is 2.05. The molecule has 2 N–H and O–H groups in total. The van der Waals surface area contributed by atoms with E-state index in [-0.39, 0.29) is 0 Å². The number of carbonyl (C=O) groups is 1. The second-order valence-electron chi connectivity index (χ2n) is 3.96. The number of hydrogen-bond acceptors (Lipinski definition) is 2. The minimum absolute atomic E-state index is 0.312. The smallest absolute Gasteiger partial charge is 0.254 e. The highest BCUT2D eigenvalue weighted by atomic mass is 19.2. The molecule has 1 aliphatic rings. The van der Waals surface area contributed by atoms with E-state index in [9.17, 15) is 18.0 Å². The van der Waals surface area contributed by atoms with Gasteiger partial charge in [-0.25, -0.2) is 13.2 Å². The van der Waals surface area contributed by atoms with Crippen molar-refractivity contribution in [3.05, 3.63) is 35.1 Å². The van der Waals surface area contributed by atoms with E-state index in [4.69, 9.17) is 0 Å². The maximum Gasteiger partial charge on any atom is 0.254 e. The first kappa shape index (κ1) is 11.9. The van der Waals surface area contributed by atoms with Gasteiger partial charge >= 0.3 is 0 Å². The summed E-state index contributed by atoms with van der Waals surface area (Å²) in [7, 11) is 0. The third-order valence-corrected chi connectivity index (χ3v) is 2.70. The Bertz CT molecular complexity index is 447. The number of amides is 1. The molecule has 1 aromatic rings. The maximum absolute atomic E-state index is 13.2. The Morgan fingerprint density at radius 2 is 2.00 bits per heavy atom. The first-order valence-electron chi connectivity index (χ1n) is 5.22. The Morgan fingerprint density at radius 3 is 2.59 bits per heavy atom. The van der Waals surface area contributed by atoms with E-state index in [0.717, 1.165) is 25.2 Å². The van der Waals surface area contributed by atoms with E-state index in [2.05, 4.69) is 10.6 Å². The van der Waals surface area contributed by atoms with E-state index in [1.807, 2.05) is 0 Å². The lowest BCUT2D eigenvalue weighted by atomic mass is 10.0. The van der Waals surface area contributed by atoms with Gasteiger partial charge in [0.15, 0.2) is 17.5 Å². The van der Waals surface area contributed by atoms with Crippen LogP contribution in [0.15, 0.2) is 12.1 Å². The van der Waals surface area contributed by atoms with E-state index < -0.39 is 28.9 Å². The fourth-order valence-electron chi connectivity index (χ4n) is 1.53. The van der Waals surface area contributed by atoms with Gasteiger partial charge in [-0.2, -0.15) is 0 Å². The summed E-state index contributed by atoms with van der Waals surface area (Å²) in [4.78, 5) is 11.5. The van der Waals surface area contributed by atoms with Gasteiger partial charge in [-0.15, -0.1) is 0 Å². The van der Waals surface area contributed by atoms with E-state index in [0.29, 0.717) is 12.5 Å². The first-order chi connectivity index (χ1) is 8.09. The van der Waals surface area contributed by atoms with Crippen molar-refractivity contribution in [2.75, 3.05) is 19.6 Å². The normalized spacial score (nSPS) is 15.5. The van der Waals surface area contributed by atoms with E-state index in [1.54, 1.807) is 0 Å². The summed E-state index contributed by atoms with van der Waals surface area (Å²) in [6.07, 6.45) is 0. The van der Waals surface area contributed by atoms with Gasteiger partial charge in [-0.3, -0.25) is 4.79 Å². The van der Waals surface area contributed by atoms with E-state index >= 15 is 0 Å². The topological polar surface area (TPSA) is 41.1 Å². The summed E-state index contributed by atoms with van der Waals surface area (Å²) in [5, 5.41) is 5.50. The fourth-order valence-corrected chi connectivity index (χ4v) is 1.53. The molecule has 1 amide bonds. The molecule has 0 saturated carbocycles. The lowest BCUT2D eigenvalue weighted by molar-refractivity contribution is 0.0937. The molecule has 0 unspecified atom stereocenters. The Labute approximate surface area is 96.0 Å². The summed E-state index contributed by atoms with van der Waals surface area (Å²) in [5.41, 5.74) is -0.476. The van der Waals surface area contributed by atoms with E-state index in [1.165, 1.54) is 0 Å². The highest BCUT2D eigenvalue weighted by molar-refractivity contribution is 5.94. The number of hydrogen-bond donors (Lipinski definition) is 2. The standard InChI is InChI=1S/C11H11F3N2O/c12-8-2-1-7(9(13)10(8)14)11(17)16-5-6-3-15-4-6/h1-2,6,15H,3-5H2,(H,16,17). The molecule has 92 valence electrons. The minimum Gasteiger partial charge on any atom is -0.352 e. The number of benzene rings is 1. The average Bonchev–Trinajstić information content (AvgIpc) is 2.24. The van der Waals surface area contributed by atoms with Crippen LogP contribution in [0.4, 0.5) is 13.2 Å². The van der Waals surface area contributed by atoms with Crippen molar-refractivity contribution < 1.29 is 18.0 Å². The first-order valence-corrected chi connectivity index (χ1v) is 5.22. The summed E-state index contributed by atoms with van der Waals surface area (Å²) in [6.45, 7) is 1.98. The predicted molar refractivity (Wildman–Crippen MR) is 55.0 cm³/mol. The quantitative estimate of drug-likeness (QED) is 0.780. The van der Waals surface area contributed by atoms with Gasteiger partial charge in [0, 0.05) is 25.6 Å². The highest BCUT2D eigenvalue weighted by Crippen LogP contribution is 2.15. The molecule has 1 aromatic carbocycles. The van der Waals surface area contributed by atoms with Crippen LogP contribution < -0.4 is 10.6 Å². The molecule has 3 nitrogen and oxygen atoms in total. The zero-order valence-corrected chi connectivity index (χ0v) is 8.90. The molecule has 0 aromatic heterocycles. The van der Waals surface area contributed by atoms with Crippen LogP contribution in [-0.2, 0) is 0 Å². The molecule has 0 spiro atoms. The van der Waals surface area contributed by atoms with Gasteiger partial charge < -0.3 is 10.6 Å². The second kappa shape index (κ2) is 4.75. The largest absolute Gasteiger partial charge is 0.352 e. The Morgan fingerprint density at radius 1 is 1.29 bits per heavy atom. The zero-order chi connectivity index (χ0) is 12.4. The fraction of sp³-hybridized carbons (Fsp3) is 0.364. The van der Waals surface area contributed by atoms with Crippen molar-refractivity contribution in [3.8, 4) is 0 Å². The van der Waals surface area contributed by atoms with Crippen LogP contribution in [0.3, 0.4) is 0 Å². The molecule has 0 atom stereocenters. The van der Waals surface area contributed by atoms with Gasteiger partial charge in [0.1, 0.15) is 0 Å². The number of carbonyl (C=O) groups excluding carboxylic acids is 1. The van der Waals surface area contributed by atoms with Crippen LogP contribution in [0.5, 0.6) is 0 Å². The molecular formula is C11H11F3N2O. The molecule has 0 bridgehead atoms. The van der Waals surface area contributed by atoms with Crippen LogP contribution in [0.25, 0.3) is 0 Å². The molecule has 6 heteroatoms. The monoisotopic (exact) mass is 244 g/mol. The molecular weight excluding hydrogens is 233 g/mol. The molecule has 1 saturated heterocycles. The van der Waals surface area contributed by atoms with Crippen LogP contribution in [0.1, 0.15) is 10.4 Å². The van der Waals surface area contributed by atoms with Crippen LogP contribution >= 0.6 is 0 Å². The van der Waals surface area contributed by atoms with Crippen LogP contribution in [0, 0.1) is 23.4 Å². The highest BCUT2D eigenvalue weighted by Gasteiger charge is 2.21. The van der Waals surface area contributed by atoms with Crippen LogP contribution in [-0.4, -0.2) is 25.5 Å². The number of rotatable bonds is 3. The summed E-state index contributed by atoms with van der Waals surface area (Å²) >= 11 is 0. The molecule has 1 fully saturated rings. The van der Waals surface area contributed by atoms with Gasteiger partial charge in [-0.05, 0) is 12.1 Å². The predicted octanol–water partition coefficient (Wildman–Crippen LogP) is 1.05. The Kier molecular flexibility index (Phi) is 3.33. The van der Waals surface area contributed by atoms with Gasteiger partial charge in [0.05, 0.1) is 5.56 Å². The van der Waals surface area contributed by atoms with Gasteiger partial charge in [0.25, 0.3) is 5.91 Å². The van der Waals surface area contributed by atoms with Crippen molar-refractivity contribution in [1.82, 2.24) is 10.6 Å². The maximum atomic E-state index is 13.2. The van der Waals surface area contributed by atoms with Gasteiger partial charge in [-0.1, -0.05) is 0 Å². The van der Waals surface area contributed by atoms with Crippen molar-refractivity contribution in [1.29, 1.82) is 0 Å². The molecule has 17 heavy (non-hydrogen) atoms. The summed E-state index contributed by atoms with van der Waals surface area (Å²) in [6, 6.07) is 1.67. The molecule has 0 aliphatic carbocycles. The molecule has 2 rings (SSSR count). The SMILES string of the molecule is O=C(NCC1CNC1)c1ccc(F)c(F)c1F. The van der Waals surface area contributed by atoms with Gasteiger partial charge in [0.2, 0.25) is 0 Å². The second-order valence-corrected chi connectivity index (χ2v) is 3.96. The third-order valence-electron chi connectivity index (χ3n) is 2.70. The van der Waals surface area contributed by atoms with Crippen molar-refractivity contribution >= 4 is 5.91 Å². The molecule has 1 heterocycles. The van der Waals surface area contributed by atoms with Crippen LogP contribution in [0.2, 0.25) is 0 Å². The Hall–Kier alpha value is -1.56. The third kappa shape index (κ3) is 2.41. The van der Waals surface area contributed by atoms with Crippen molar-refractivity contribution in [3.63, 3.8) is 0 Å². The summed E-state index contributed by atoms with van der Waals surface area (Å²) in [5.74, 6) is -4.79. The lowest BCUT2D eigenvalue weighted by Gasteiger charge is -2.27. The average molecular weight is 244 g/mol. The lowest BCUT2D eigenvalue weighted by Crippen LogP contribution is -2.48. The summed E-state index contributed by atoms with van der Waals surface area (Å²) < 4.78 is 38.8. The number of nitrogens with one attached hydrogen (secondary N) is 2. The minimum atomic E-state index is -1.62. The number of halogens is 3. The van der Waals surface area contributed by atoms with Crippen molar-refractivity contribution in [2.24, 2.45) is 5.92 Å². The zero-order valence-electron chi connectivity index (χ0n) is 8.90. The molecule has 1 aliphatic heterocycles.